The predicted octanol–water partition coefficient (Wildman–Crippen LogP) is 1.73. The number of halogens is 1. The summed E-state index contributed by atoms with van der Waals surface area (Å²) in [6.45, 7) is 4.65. The Hall–Kier alpha value is -0.620. The SMILES string of the molecule is C[C@H]1CNCCN1C(=O)c1cccc(I)c1. The zero-order valence-electron chi connectivity index (χ0n) is 9.24. The highest BCUT2D eigenvalue weighted by Gasteiger charge is 2.23. The molecule has 1 atom stereocenters. The first-order valence-corrected chi connectivity index (χ1v) is 6.53. The molecule has 1 fully saturated rings. The molecule has 0 spiro atoms. The van der Waals surface area contributed by atoms with Crippen LogP contribution in [0.2, 0.25) is 0 Å². The lowest BCUT2D eigenvalue weighted by molar-refractivity contribution is 0.0655. The Morgan fingerprint density at radius 2 is 2.38 bits per heavy atom. The van der Waals surface area contributed by atoms with Gasteiger partial charge in [0, 0.05) is 34.8 Å². The average molecular weight is 330 g/mol. The molecule has 3 nitrogen and oxygen atoms in total. The second-order valence-electron chi connectivity index (χ2n) is 4.06. The minimum Gasteiger partial charge on any atom is -0.333 e. The fourth-order valence-corrected chi connectivity index (χ4v) is 2.47. The Labute approximate surface area is 109 Å². The van der Waals surface area contributed by atoms with E-state index in [-0.39, 0.29) is 11.9 Å². The van der Waals surface area contributed by atoms with Gasteiger partial charge >= 0.3 is 0 Å². The number of benzene rings is 1. The maximum absolute atomic E-state index is 12.3. The number of nitrogens with zero attached hydrogens (tertiary/aromatic N) is 1. The predicted molar refractivity (Wildman–Crippen MR) is 72.5 cm³/mol. The third-order valence-corrected chi connectivity index (χ3v) is 3.50. The van der Waals surface area contributed by atoms with E-state index in [9.17, 15) is 4.79 Å². The number of piperazine rings is 1. The van der Waals surface area contributed by atoms with Gasteiger partial charge < -0.3 is 10.2 Å². The van der Waals surface area contributed by atoms with E-state index in [1.165, 1.54) is 0 Å². The highest BCUT2D eigenvalue weighted by molar-refractivity contribution is 14.1. The molecule has 1 aliphatic rings. The molecule has 1 saturated heterocycles. The topological polar surface area (TPSA) is 32.3 Å². The molecule has 0 saturated carbocycles. The van der Waals surface area contributed by atoms with Crippen LogP contribution >= 0.6 is 22.6 Å². The molecule has 2 rings (SSSR count). The Balaban J connectivity index is 2.17. The standard InChI is InChI=1S/C12H15IN2O/c1-9-8-14-5-6-15(9)12(16)10-3-2-4-11(13)7-10/h2-4,7,9,14H,5-6,8H2,1H3/t9-/m0/s1. The number of amides is 1. The van der Waals surface area contributed by atoms with Crippen molar-refractivity contribution < 1.29 is 4.79 Å². The van der Waals surface area contributed by atoms with E-state index in [0.717, 1.165) is 28.8 Å². The largest absolute Gasteiger partial charge is 0.333 e. The van der Waals surface area contributed by atoms with Gasteiger partial charge in [0.2, 0.25) is 0 Å². The first-order chi connectivity index (χ1) is 7.68. The Morgan fingerprint density at radius 3 is 3.06 bits per heavy atom. The number of nitrogens with one attached hydrogen (secondary N) is 1. The third kappa shape index (κ3) is 2.55. The lowest BCUT2D eigenvalue weighted by Gasteiger charge is -2.34. The van der Waals surface area contributed by atoms with Gasteiger partial charge in [-0.15, -0.1) is 0 Å². The number of hydrogen-bond acceptors (Lipinski definition) is 2. The molecular formula is C12H15IN2O. The monoisotopic (exact) mass is 330 g/mol. The fraction of sp³-hybridized carbons (Fsp3) is 0.417. The molecule has 1 heterocycles. The van der Waals surface area contributed by atoms with Crippen molar-refractivity contribution in [3.05, 3.63) is 33.4 Å². The van der Waals surface area contributed by atoms with Gasteiger partial charge in [0.05, 0.1) is 0 Å². The molecule has 1 N–H and O–H groups in total. The molecule has 0 bridgehead atoms. The lowest BCUT2D eigenvalue weighted by atomic mass is 10.1. The van der Waals surface area contributed by atoms with Crippen LogP contribution in [-0.4, -0.2) is 36.5 Å². The zero-order chi connectivity index (χ0) is 11.5. The second kappa shape index (κ2) is 5.14. The quantitative estimate of drug-likeness (QED) is 0.796. The second-order valence-corrected chi connectivity index (χ2v) is 5.31. The average Bonchev–Trinajstić information content (AvgIpc) is 2.29. The van der Waals surface area contributed by atoms with Crippen LogP contribution in [0.3, 0.4) is 0 Å². The van der Waals surface area contributed by atoms with Crippen molar-refractivity contribution in [3.8, 4) is 0 Å². The maximum Gasteiger partial charge on any atom is 0.254 e. The van der Waals surface area contributed by atoms with Gasteiger partial charge in [0.15, 0.2) is 0 Å². The van der Waals surface area contributed by atoms with Crippen molar-refractivity contribution in [1.82, 2.24) is 10.2 Å². The van der Waals surface area contributed by atoms with Crippen molar-refractivity contribution >= 4 is 28.5 Å². The minimum atomic E-state index is 0.146. The molecular weight excluding hydrogens is 315 g/mol. The zero-order valence-corrected chi connectivity index (χ0v) is 11.4. The minimum absolute atomic E-state index is 0.146. The highest BCUT2D eigenvalue weighted by Crippen LogP contribution is 2.13. The molecule has 1 amide bonds. The summed E-state index contributed by atoms with van der Waals surface area (Å²) < 4.78 is 1.10. The molecule has 4 heteroatoms. The number of rotatable bonds is 1. The Kier molecular flexibility index (Phi) is 3.81. The van der Waals surface area contributed by atoms with Crippen molar-refractivity contribution in [2.45, 2.75) is 13.0 Å². The summed E-state index contributed by atoms with van der Waals surface area (Å²) in [5, 5.41) is 3.29. The van der Waals surface area contributed by atoms with Crippen LogP contribution in [0.5, 0.6) is 0 Å². The van der Waals surface area contributed by atoms with Crippen LogP contribution in [0.1, 0.15) is 17.3 Å². The molecule has 16 heavy (non-hydrogen) atoms. The number of hydrogen-bond donors (Lipinski definition) is 1. The molecule has 86 valence electrons. The first kappa shape index (κ1) is 11.9. The summed E-state index contributed by atoms with van der Waals surface area (Å²) in [6.07, 6.45) is 0. The summed E-state index contributed by atoms with van der Waals surface area (Å²) in [4.78, 5) is 14.2. The molecule has 1 aromatic rings. The van der Waals surface area contributed by atoms with Crippen molar-refractivity contribution in [2.24, 2.45) is 0 Å². The van der Waals surface area contributed by atoms with Gasteiger partial charge in [-0.05, 0) is 47.7 Å². The lowest BCUT2D eigenvalue weighted by Crippen LogP contribution is -2.52. The number of carbonyl (C=O) groups excluding carboxylic acids is 1. The van der Waals surface area contributed by atoms with E-state index >= 15 is 0 Å². The third-order valence-electron chi connectivity index (χ3n) is 2.83. The van der Waals surface area contributed by atoms with Crippen molar-refractivity contribution in [2.75, 3.05) is 19.6 Å². The van der Waals surface area contributed by atoms with Gasteiger partial charge in [0.1, 0.15) is 0 Å². The Morgan fingerprint density at radius 1 is 1.56 bits per heavy atom. The van der Waals surface area contributed by atoms with Crippen LogP contribution in [0.4, 0.5) is 0 Å². The molecule has 0 radical (unpaired) electrons. The van der Waals surface area contributed by atoms with Crippen LogP contribution in [-0.2, 0) is 0 Å². The van der Waals surface area contributed by atoms with Gasteiger partial charge in [-0.3, -0.25) is 4.79 Å². The smallest absolute Gasteiger partial charge is 0.254 e. The van der Waals surface area contributed by atoms with Crippen molar-refractivity contribution in [1.29, 1.82) is 0 Å². The van der Waals surface area contributed by atoms with Gasteiger partial charge in [-0.25, -0.2) is 0 Å². The highest BCUT2D eigenvalue weighted by atomic mass is 127. The fourth-order valence-electron chi connectivity index (χ4n) is 1.93. The normalized spacial score (nSPS) is 20.9. The molecule has 0 aliphatic carbocycles. The summed E-state index contributed by atoms with van der Waals surface area (Å²) >= 11 is 2.23. The van der Waals surface area contributed by atoms with Crippen LogP contribution in [0.25, 0.3) is 0 Å². The van der Waals surface area contributed by atoms with E-state index < -0.39 is 0 Å². The molecule has 0 aromatic heterocycles. The van der Waals surface area contributed by atoms with Crippen molar-refractivity contribution in [3.63, 3.8) is 0 Å². The molecule has 0 unspecified atom stereocenters. The van der Waals surface area contributed by atoms with E-state index in [1.807, 2.05) is 29.2 Å². The molecule has 1 aromatic carbocycles. The van der Waals surface area contributed by atoms with E-state index in [2.05, 4.69) is 34.8 Å². The van der Waals surface area contributed by atoms with Crippen LogP contribution < -0.4 is 5.32 Å². The van der Waals surface area contributed by atoms with E-state index in [4.69, 9.17) is 0 Å². The number of carbonyl (C=O) groups is 1. The first-order valence-electron chi connectivity index (χ1n) is 5.46. The summed E-state index contributed by atoms with van der Waals surface area (Å²) in [6, 6.07) is 8.04. The summed E-state index contributed by atoms with van der Waals surface area (Å²) in [5.74, 6) is 0.146. The van der Waals surface area contributed by atoms with Gasteiger partial charge in [-0.2, -0.15) is 0 Å². The van der Waals surface area contributed by atoms with E-state index in [1.54, 1.807) is 0 Å². The van der Waals surface area contributed by atoms with Crippen LogP contribution in [0.15, 0.2) is 24.3 Å². The Bertz CT molecular complexity index is 394. The van der Waals surface area contributed by atoms with Gasteiger partial charge in [-0.1, -0.05) is 6.07 Å². The molecule has 1 aliphatic heterocycles. The summed E-state index contributed by atoms with van der Waals surface area (Å²) in [7, 11) is 0. The maximum atomic E-state index is 12.3. The van der Waals surface area contributed by atoms with E-state index in [0.29, 0.717) is 0 Å². The van der Waals surface area contributed by atoms with Gasteiger partial charge in [0.25, 0.3) is 5.91 Å². The summed E-state index contributed by atoms with van der Waals surface area (Å²) in [5.41, 5.74) is 0.792. The van der Waals surface area contributed by atoms with Crippen LogP contribution in [0, 0.1) is 3.57 Å².